The summed E-state index contributed by atoms with van der Waals surface area (Å²) in [5, 5.41) is 0. The molecule has 1 saturated carbocycles. The highest BCUT2D eigenvalue weighted by Crippen LogP contribution is 2.33. The third-order valence-corrected chi connectivity index (χ3v) is 3.61. The molecule has 0 aromatic carbocycles. The number of Topliss-reactive ketones (excluding diaryl/α,β-unsaturated/α-hetero) is 1. The summed E-state index contributed by atoms with van der Waals surface area (Å²) >= 11 is 0. The molecule has 1 saturated heterocycles. The second-order valence-electron chi connectivity index (χ2n) is 4.53. The van der Waals surface area contributed by atoms with Gasteiger partial charge in [-0.2, -0.15) is 0 Å². The molecule has 1 heterocycles. The van der Waals surface area contributed by atoms with Gasteiger partial charge in [-0.3, -0.25) is 9.69 Å². The molecule has 2 nitrogen and oxygen atoms in total. The highest BCUT2D eigenvalue weighted by atomic mass is 16.1. The zero-order valence-electron chi connectivity index (χ0n) is 8.74. The number of piperidine rings is 1. The number of carbonyl (C=O) groups is 1. The minimum atomic E-state index is 0.478. The molecule has 0 aromatic rings. The van der Waals surface area contributed by atoms with Crippen LogP contribution in [0.3, 0.4) is 0 Å². The molecular weight excluding hydrogens is 174 g/mol. The second-order valence-corrected chi connectivity index (χ2v) is 4.53. The summed E-state index contributed by atoms with van der Waals surface area (Å²) < 4.78 is 0. The SMILES string of the molecule is C=CCN1CCC[C@H]2CC(=O)CC[C@@H]21. The van der Waals surface area contributed by atoms with Crippen LogP contribution in [-0.4, -0.2) is 29.8 Å². The van der Waals surface area contributed by atoms with E-state index in [-0.39, 0.29) is 0 Å². The molecule has 78 valence electrons. The second kappa shape index (κ2) is 4.26. The van der Waals surface area contributed by atoms with Gasteiger partial charge < -0.3 is 0 Å². The summed E-state index contributed by atoms with van der Waals surface area (Å²) in [7, 11) is 0. The van der Waals surface area contributed by atoms with Gasteiger partial charge >= 0.3 is 0 Å². The Morgan fingerprint density at radius 1 is 1.50 bits per heavy atom. The quantitative estimate of drug-likeness (QED) is 0.625. The van der Waals surface area contributed by atoms with Crippen molar-refractivity contribution in [3.05, 3.63) is 12.7 Å². The molecule has 0 radical (unpaired) electrons. The van der Waals surface area contributed by atoms with Gasteiger partial charge in [0, 0.05) is 25.4 Å². The van der Waals surface area contributed by atoms with Crippen LogP contribution in [0.1, 0.15) is 32.1 Å². The molecule has 0 amide bonds. The van der Waals surface area contributed by atoms with E-state index in [0.717, 1.165) is 25.8 Å². The molecular formula is C12H19NO. The van der Waals surface area contributed by atoms with E-state index in [1.807, 2.05) is 6.08 Å². The first-order chi connectivity index (χ1) is 6.81. The van der Waals surface area contributed by atoms with Crippen molar-refractivity contribution in [2.24, 2.45) is 5.92 Å². The van der Waals surface area contributed by atoms with Crippen molar-refractivity contribution in [3.8, 4) is 0 Å². The van der Waals surface area contributed by atoms with Gasteiger partial charge in [-0.05, 0) is 31.7 Å². The fourth-order valence-electron chi connectivity index (χ4n) is 2.97. The van der Waals surface area contributed by atoms with Crippen molar-refractivity contribution in [1.82, 2.24) is 4.90 Å². The molecule has 1 aliphatic heterocycles. The zero-order valence-corrected chi connectivity index (χ0v) is 8.74. The van der Waals surface area contributed by atoms with E-state index in [1.165, 1.54) is 19.4 Å². The molecule has 0 unspecified atom stereocenters. The standard InChI is InChI=1S/C12H19NO/c1-2-7-13-8-3-4-10-9-11(14)5-6-12(10)13/h2,10,12H,1,3-9H2/t10-,12-/m0/s1. The number of rotatable bonds is 2. The van der Waals surface area contributed by atoms with E-state index in [1.54, 1.807) is 0 Å². The maximum Gasteiger partial charge on any atom is 0.133 e. The highest BCUT2D eigenvalue weighted by Gasteiger charge is 2.35. The Kier molecular flexibility index (Phi) is 3.02. The van der Waals surface area contributed by atoms with Crippen LogP contribution in [-0.2, 0) is 4.79 Å². The Hall–Kier alpha value is -0.630. The van der Waals surface area contributed by atoms with E-state index in [4.69, 9.17) is 0 Å². The topological polar surface area (TPSA) is 20.3 Å². The summed E-state index contributed by atoms with van der Waals surface area (Å²) in [6.45, 7) is 5.99. The van der Waals surface area contributed by atoms with Gasteiger partial charge in [0.15, 0.2) is 0 Å². The Balaban J connectivity index is 2.02. The highest BCUT2D eigenvalue weighted by molar-refractivity contribution is 5.79. The van der Waals surface area contributed by atoms with Gasteiger partial charge in [-0.25, -0.2) is 0 Å². The van der Waals surface area contributed by atoms with Crippen molar-refractivity contribution in [2.75, 3.05) is 13.1 Å². The number of likely N-dealkylation sites (tertiary alicyclic amines) is 1. The number of fused-ring (bicyclic) bond motifs is 1. The fraction of sp³-hybridized carbons (Fsp3) is 0.750. The number of nitrogens with zero attached hydrogens (tertiary/aromatic N) is 1. The van der Waals surface area contributed by atoms with Gasteiger partial charge in [0.25, 0.3) is 0 Å². The van der Waals surface area contributed by atoms with Crippen molar-refractivity contribution in [2.45, 2.75) is 38.1 Å². The van der Waals surface area contributed by atoms with Gasteiger partial charge in [-0.1, -0.05) is 6.08 Å². The van der Waals surface area contributed by atoms with Crippen molar-refractivity contribution in [1.29, 1.82) is 0 Å². The van der Waals surface area contributed by atoms with Gasteiger partial charge in [0.2, 0.25) is 0 Å². The van der Waals surface area contributed by atoms with E-state index in [2.05, 4.69) is 11.5 Å². The predicted octanol–water partition coefficient (Wildman–Crippen LogP) is 2.01. The minimum Gasteiger partial charge on any atom is -0.300 e. The van der Waals surface area contributed by atoms with Crippen LogP contribution in [0.15, 0.2) is 12.7 Å². The lowest BCUT2D eigenvalue weighted by molar-refractivity contribution is -0.124. The Labute approximate surface area is 86.0 Å². The Morgan fingerprint density at radius 3 is 3.14 bits per heavy atom. The summed E-state index contributed by atoms with van der Waals surface area (Å²) in [6.07, 6.45) is 7.20. The van der Waals surface area contributed by atoms with Crippen molar-refractivity contribution >= 4 is 5.78 Å². The third kappa shape index (κ3) is 1.90. The number of carbonyl (C=O) groups excluding carboxylic acids is 1. The van der Waals surface area contributed by atoms with E-state index >= 15 is 0 Å². The summed E-state index contributed by atoms with van der Waals surface area (Å²) in [4.78, 5) is 13.9. The monoisotopic (exact) mass is 193 g/mol. The fourth-order valence-corrected chi connectivity index (χ4v) is 2.97. The maximum atomic E-state index is 11.3. The summed E-state index contributed by atoms with van der Waals surface area (Å²) in [6, 6.07) is 0.666. The molecule has 0 aromatic heterocycles. The largest absolute Gasteiger partial charge is 0.300 e. The predicted molar refractivity (Wildman–Crippen MR) is 57.1 cm³/mol. The lowest BCUT2D eigenvalue weighted by Gasteiger charge is -2.43. The molecule has 14 heavy (non-hydrogen) atoms. The van der Waals surface area contributed by atoms with Gasteiger partial charge in [0.05, 0.1) is 0 Å². The smallest absolute Gasteiger partial charge is 0.133 e. The molecule has 0 N–H and O–H groups in total. The van der Waals surface area contributed by atoms with E-state index in [0.29, 0.717) is 17.7 Å². The van der Waals surface area contributed by atoms with E-state index in [9.17, 15) is 4.79 Å². The van der Waals surface area contributed by atoms with Gasteiger partial charge in [-0.15, -0.1) is 6.58 Å². The van der Waals surface area contributed by atoms with Crippen LogP contribution >= 0.6 is 0 Å². The average molecular weight is 193 g/mol. The van der Waals surface area contributed by atoms with Crippen LogP contribution in [0.5, 0.6) is 0 Å². The van der Waals surface area contributed by atoms with Crippen LogP contribution in [0.4, 0.5) is 0 Å². The lowest BCUT2D eigenvalue weighted by Crippen LogP contribution is -2.48. The average Bonchev–Trinajstić information content (AvgIpc) is 2.18. The first kappa shape index (κ1) is 9.91. The molecule has 2 rings (SSSR count). The number of hydrogen-bond acceptors (Lipinski definition) is 2. The van der Waals surface area contributed by atoms with Crippen LogP contribution < -0.4 is 0 Å². The normalized spacial score (nSPS) is 33.9. The first-order valence-electron chi connectivity index (χ1n) is 5.68. The van der Waals surface area contributed by atoms with Crippen LogP contribution in [0.25, 0.3) is 0 Å². The molecule has 1 aliphatic carbocycles. The zero-order chi connectivity index (χ0) is 9.97. The molecule has 2 fully saturated rings. The Bertz CT molecular complexity index is 230. The van der Waals surface area contributed by atoms with Crippen molar-refractivity contribution < 1.29 is 4.79 Å². The number of hydrogen-bond donors (Lipinski definition) is 0. The summed E-state index contributed by atoms with van der Waals surface area (Å²) in [5.41, 5.74) is 0. The maximum absolute atomic E-state index is 11.3. The number of ketones is 1. The molecule has 2 atom stereocenters. The molecule has 0 spiro atoms. The molecule has 2 aliphatic rings. The lowest BCUT2D eigenvalue weighted by atomic mass is 9.78. The molecule has 2 heteroatoms. The minimum absolute atomic E-state index is 0.478. The Morgan fingerprint density at radius 2 is 2.36 bits per heavy atom. The van der Waals surface area contributed by atoms with Gasteiger partial charge in [0.1, 0.15) is 5.78 Å². The van der Waals surface area contributed by atoms with E-state index < -0.39 is 0 Å². The van der Waals surface area contributed by atoms with Crippen LogP contribution in [0, 0.1) is 5.92 Å². The summed E-state index contributed by atoms with van der Waals surface area (Å²) in [5.74, 6) is 1.12. The van der Waals surface area contributed by atoms with Crippen molar-refractivity contribution in [3.63, 3.8) is 0 Å². The van der Waals surface area contributed by atoms with Crippen LogP contribution in [0.2, 0.25) is 0 Å². The third-order valence-electron chi connectivity index (χ3n) is 3.61. The first-order valence-corrected chi connectivity index (χ1v) is 5.68. The molecule has 0 bridgehead atoms.